The van der Waals surface area contributed by atoms with Gasteiger partial charge in [-0.15, -0.1) is 0 Å². The Morgan fingerprint density at radius 1 is 1.24 bits per heavy atom. The molecule has 3 amide bonds. The summed E-state index contributed by atoms with van der Waals surface area (Å²) in [6, 6.07) is 0.00564. The fourth-order valence-corrected chi connectivity index (χ4v) is 5.52. The predicted molar refractivity (Wildman–Crippen MR) is 139 cm³/mol. The first kappa shape index (κ1) is 25.1. The molecule has 12 heteroatoms. The van der Waals surface area contributed by atoms with E-state index in [2.05, 4.69) is 60.5 Å². The normalized spacial score (nSPS) is 25.2. The quantitative estimate of drug-likeness (QED) is 0.519. The summed E-state index contributed by atoms with van der Waals surface area (Å²) in [6.07, 6.45) is 7.49. The van der Waals surface area contributed by atoms with E-state index in [9.17, 15) is 9.59 Å². The van der Waals surface area contributed by atoms with Crippen molar-refractivity contribution in [1.29, 1.82) is 0 Å². The molecule has 3 fully saturated rings. The number of hydrogen-bond acceptors (Lipinski definition) is 8. The third-order valence-electron chi connectivity index (χ3n) is 7.36. The van der Waals surface area contributed by atoms with E-state index in [-0.39, 0.29) is 36.1 Å². The van der Waals surface area contributed by atoms with Crippen molar-refractivity contribution >= 4 is 23.8 Å². The summed E-state index contributed by atoms with van der Waals surface area (Å²) in [5, 5.41) is 6.25. The lowest BCUT2D eigenvalue weighted by Gasteiger charge is -2.44. The van der Waals surface area contributed by atoms with Crippen molar-refractivity contribution in [1.82, 2.24) is 39.6 Å². The predicted octanol–water partition coefficient (Wildman–Crippen LogP) is 1.92. The Morgan fingerprint density at radius 3 is 2.65 bits per heavy atom. The highest BCUT2D eigenvalue weighted by Crippen LogP contribution is 2.38. The number of piperazine rings is 1. The molecule has 12 nitrogen and oxygen atoms in total. The third kappa shape index (κ3) is 5.29. The van der Waals surface area contributed by atoms with Crippen molar-refractivity contribution in [3.05, 3.63) is 36.7 Å². The summed E-state index contributed by atoms with van der Waals surface area (Å²) >= 11 is 0. The molecule has 37 heavy (non-hydrogen) atoms. The second-order valence-electron chi connectivity index (χ2n) is 10.5. The van der Waals surface area contributed by atoms with Crippen molar-refractivity contribution in [2.24, 2.45) is 5.92 Å². The lowest BCUT2D eigenvalue weighted by Crippen LogP contribution is -2.58. The topological polar surface area (TPSA) is 124 Å². The van der Waals surface area contributed by atoms with Crippen LogP contribution in [0.2, 0.25) is 0 Å². The zero-order valence-corrected chi connectivity index (χ0v) is 22.0. The van der Waals surface area contributed by atoms with Gasteiger partial charge in [0.15, 0.2) is 0 Å². The number of carbonyl (C=O) groups excluding carboxylic acids is 2. The molecule has 2 aliphatic heterocycles. The fraction of sp³-hybridized carbons (Fsp3) is 0.600. The van der Waals surface area contributed by atoms with E-state index in [1.165, 1.54) is 6.08 Å². The number of aromatic nitrogens is 5. The second kappa shape index (κ2) is 10.1. The average molecular weight is 509 g/mol. The monoisotopic (exact) mass is 508 g/mol. The number of nitrogens with zero attached hydrogens (tertiary/aromatic N) is 8. The van der Waals surface area contributed by atoms with Crippen molar-refractivity contribution in [3.8, 4) is 0 Å². The summed E-state index contributed by atoms with van der Waals surface area (Å²) in [5.41, 5.74) is 0.857. The molecule has 198 valence electrons. The Bertz CT molecular complexity index is 1170. The van der Waals surface area contributed by atoms with E-state index in [1.807, 2.05) is 24.3 Å². The largest absolute Gasteiger partial charge is 0.346 e. The molecule has 0 unspecified atom stereocenters. The lowest BCUT2D eigenvalue weighted by molar-refractivity contribution is -0.134. The zero-order valence-electron chi connectivity index (χ0n) is 22.0. The van der Waals surface area contributed by atoms with Crippen molar-refractivity contribution in [2.75, 3.05) is 29.9 Å². The van der Waals surface area contributed by atoms with E-state index >= 15 is 0 Å². The maximum atomic E-state index is 12.5. The van der Waals surface area contributed by atoms with E-state index in [0.717, 1.165) is 31.6 Å². The molecule has 0 spiro atoms. The van der Waals surface area contributed by atoms with Crippen LogP contribution in [0.3, 0.4) is 0 Å². The molecule has 2 aromatic rings. The van der Waals surface area contributed by atoms with Crippen LogP contribution >= 0.6 is 0 Å². The zero-order chi connectivity index (χ0) is 26.3. The second-order valence-corrected chi connectivity index (χ2v) is 10.5. The number of aryl methyl sites for hydroxylation is 1. The van der Waals surface area contributed by atoms with E-state index in [4.69, 9.17) is 0 Å². The van der Waals surface area contributed by atoms with Gasteiger partial charge in [0.1, 0.15) is 5.82 Å². The van der Waals surface area contributed by atoms with Crippen LogP contribution in [0.15, 0.2) is 25.2 Å². The molecule has 2 N–H and O–H groups in total. The van der Waals surface area contributed by atoms with Gasteiger partial charge in [-0.25, -0.2) is 9.78 Å². The molecule has 2 aromatic heterocycles. The Kier molecular flexibility index (Phi) is 6.84. The Hall–Kier alpha value is -3.54. The van der Waals surface area contributed by atoms with Gasteiger partial charge in [0.25, 0.3) is 0 Å². The highest BCUT2D eigenvalue weighted by atomic mass is 16.2. The number of hydrogen-bond donors (Lipinski definition) is 2. The molecule has 3 aliphatic rings. The van der Waals surface area contributed by atoms with Crippen LogP contribution in [0.5, 0.6) is 0 Å². The highest BCUT2D eigenvalue weighted by molar-refractivity contribution is 5.93. The van der Waals surface area contributed by atoms with Crippen molar-refractivity contribution in [2.45, 2.75) is 71.4 Å². The molecular formula is C25H36N10O2. The molecule has 1 saturated carbocycles. The summed E-state index contributed by atoms with van der Waals surface area (Å²) < 4.78 is 2.05. The minimum atomic E-state index is -0.154. The van der Waals surface area contributed by atoms with Crippen LogP contribution < -0.4 is 15.5 Å². The van der Waals surface area contributed by atoms with Gasteiger partial charge in [0.2, 0.25) is 17.8 Å². The van der Waals surface area contributed by atoms with Gasteiger partial charge in [-0.05, 0) is 52.5 Å². The number of imidazole rings is 1. The smallest absolute Gasteiger partial charge is 0.324 e. The fourth-order valence-electron chi connectivity index (χ4n) is 5.52. The molecule has 4 atom stereocenters. The van der Waals surface area contributed by atoms with E-state index in [0.29, 0.717) is 36.9 Å². The molecule has 0 aromatic carbocycles. The van der Waals surface area contributed by atoms with Crippen LogP contribution in [0, 0.1) is 12.8 Å². The van der Waals surface area contributed by atoms with Gasteiger partial charge in [-0.3, -0.25) is 14.6 Å². The molecular weight excluding hydrogens is 472 g/mol. The first-order valence-corrected chi connectivity index (χ1v) is 13.0. The van der Waals surface area contributed by atoms with Crippen LogP contribution in [-0.4, -0.2) is 84.0 Å². The van der Waals surface area contributed by atoms with Crippen LogP contribution in [-0.2, 0) is 11.5 Å². The summed E-state index contributed by atoms with van der Waals surface area (Å²) in [5.74, 6) is 1.85. The average Bonchev–Trinajstić information content (AvgIpc) is 3.45. The Labute approximate surface area is 217 Å². The van der Waals surface area contributed by atoms with Crippen molar-refractivity contribution in [3.63, 3.8) is 0 Å². The minimum absolute atomic E-state index is 0.0189. The van der Waals surface area contributed by atoms with Crippen LogP contribution in [0.4, 0.5) is 16.7 Å². The van der Waals surface area contributed by atoms with E-state index < -0.39 is 0 Å². The SMILES string of the molecule is C=CC(=O)N1[C@H](C)CN(Cn2cnc([C@H](C)Nc3nc(C)nc(N4C(=O)NC[C@@H]4C4CC4)n3)c2)C[C@@H]1C. The lowest BCUT2D eigenvalue weighted by atomic mass is 10.1. The van der Waals surface area contributed by atoms with E-state index in [1.54, 1.807) is 11.8 Å². The number of amides is 3. The highest BCUT2D eigenvalue weighted by Gasteiger charge is 2.43. The molecule has 4 heterocycles. The van der Waals surface area contributed by atoms with Gasteiger partial charge in [0, 0.05) is 37.9 Å². The number of rotatable bonds is 8. The number of nitrogens with one attached hydrogen (secondary N) is 2. The van der Waals surface area contributed by atoms with Gasteiger partial charge in [0.05, 0.1) is 30.8 Å². The molecule has 0 radical (unpaired) electrons. The van der Waals surface area contributed by atoms with Gasteiger partial charge in [-0.1, -0.05) is 6.58 Å². The molecule has 0 bridgehead atoms. The first-order chi connectivity index (χ1) is 17.7. The third-order valence-corrected chi connectivity index (χ3v) is 7.36. The summed E-state index contributed by atoms with van der Waals surface area (Å²) in [6.45, 7) is 14.5. The summed E-state index contributed by atoms with van der Waals surface area (Å²) in [7, 11) is 0. The maximum absolute atomic E-state index is 12.5. The molecule has 5 rings (SSSR count). The van der Waals surface area contributed by atoms with Crippen LogP contribution in [0.25, 0.3) is 0 Å². The van der Waals surface area contributed by atoms with Crippen molar-refractivity contribution < 1.29 is 9.59 Å². The molecule has 2 saturated heterocycles. The minimum Gasteiger partial charge on any atom is -0.346 e. The number of urea groups is 1. The van der Waals surface area contributed by atoms with Gasteiger partial charge >= 0.3 is 6.03 Å². The molecule has 1 aliphatic carbocycles. The number of anilines is 2. The van der Waals surface area contributed by atoms with Gasteiger partial charge in [-0.2, -0.15) is 15.0 Å². The number of carbonyl (C=O) groups is 2. The maximum Gasteiger partial charge on any atom is 0.324 e. The Balaban J connectivity index is 1.23. The first-order valence-electron chi connectivity index (χ1n) is 13.0. The summed E-state index contributed by atoms with van der Waals surface area (Å²) in [4.78, 5) is 48.7. The Morgan fingerprint density at radius 2 is 1.97 bits per heavy atom. The standard InChI is InChI=1S/C25H36N10O2/c1-6-22(36)34-15(2)10-32(11-16(34)3)14-33-12-20(27-13-33)17(4)28-23-29-18(5)30-24(31-23)35-21(19-7-8-19)9-26-25(35)37/h6,12-13,15-17,19,21H,1,7-11,14H2,2-5H3,(H,26,37)(H,28,29,30,31)/t15-,16+,17-,21+/m0/s1. The van der Waals surface area contributed by atoms with Crippen LogP contribution in [0.1, 0.15) is 51.2 Å². The van der Waals surface area contributed by atoms with Gasteiger partial charge < -0.3 is 20.1 Å².